The molecule has 6 heteroatoms. The van der Waals surface area contributed by atoms with E-state index in [2.05, 4.69) is 10.3 Å². The molecule has 0 radical (unpaired) electrons. The summed E-state index contributed by atoms with van der Waals surface area (Å²) in [6.07, 6.45) is 3.73. The molecular formula is C13H20N2O4. The summed E-state index contributed by atoms with van der Waals surface area (Å²) >= 11 is 0. The number of hydrogen-bond donors (Lipinski definition) is 3. The number of nitrogens with one attached hydrogen (secondary N) is 2. The second-order valence-corrected chi connectivity index (χ2v) is 5.29. The first-order valence-corrected chi connectivity index (χ1v) is 6.12. The van der Waals surface area contributed by atoms with Gasteiger partial charge in [-0.05, 0) is 45.2 Å². The Bertz CT molecular complexity index is 420. The number of hydrogen-bond acceptors (Lipinski definition) is 3. The number of aromatic nitrogens is 1. The first-order chi connectivity index (χ1) is 8.78. The van der Waals surface area contributed by atoms with Gasteiger partial charge in [-0.15, -0.1) is 0 Å². The predicted molar refractivity (Wildman–Crippen MR) is 69.9 cm³/mol. The van der Waals surface area contributed by atoms with Gasteiger partial charge in [0, 0.05) is 12.4 Å². The van der Waals surface area contributed by atoms with Crippen LogP contribution in [0.4, 0.5) is 4.79 Å². The van der Waals surface area contributed by atoms with Gasteiger partial charge in [0.2, 0.25) is 0 Å². The molecular weight excluding hydrogens is 248 g/mol. The van der Waals surface area contributed by atoms with Gasteiger partial charge in [-0.2, -0.15) is 0 Å². The van der Waals surface area contributed by atoms with Gasteiger partial charge in [0.05, 0.1) is 0 Å². The third-order valence-electron chi connectivity index (χ3n) is 2.37. The molecule has 1 aromatic heterocycles. The van der Waals surface area contributed by atoms with Crippen molar-refractivity contribution in [3.05, 3.63) is 24.0 Å². The first kappa shape index (κ1) is 15.1. The highest BCUT2D eigenvalue weighted by Crippen LogP contribution is 2.08. The van der Waals surface area contributed by atoms with Crippen LogP contribution in [0.2, 0.25) is 0 Å². The molecule has 0 saturated heterocycles. The zero-order chi connectivity index (χ0) is 14.5. The molecule has 1 unspecified atom stereocenters. The Kier molecular flexibility index (Phi) is 4.97. The van der Waals surface area contributed by atoms with E-state index >= 15 is 0 Å². The topological polar surface area (TPSA) is 91.4 Å². The summed E-state index contributed by atoms with van der Waals surface area (Å²) in [5, 5.41) is 11.4. The number of carbonyl (C=O) groups is 2. The molecule has 1 heterocycles. The van der Waals surface area contributed by atoms with Crippen LogP contribution in [-0.2, 0) is 16.0 Å². The normalized spacial score (nSPS) is 12.8. The molecule has 1 rings (SSSR count). The molecule has 0 fully saturated rings. The highest BCUT2D eigenvalue weighted by molar-refractivity contribution is 5.80. The minimum absolute atomic E-state index is 0.312. The largest absolute Gasteiger partial charge is 0.480 e. The first-order valence-electron chi connectivity index (χ1n) is 6.12. The Morgan fingerprint density at radius 1 is 1.47 bits per heavy atom. The second-order valence-electron chi connectivity index (χ2n) is 5.29. The fraction of sp³-hybridized carbons (Fsp3) is 0.538. The number of aromatic amines is 1. The van der Waals surface area contributed by atoms with Gasteiger partial charge in [0.1, 0.15) is 11.6 Å². The molecule has 106 valence electrons. The summed E-state index contributed by atoms with van der Waals surface area (Å²) in [7, 11) is 0. The molecule has 0 aliphatic rings. The summed E-state index contributed by atoms with van der Waals surface area (Å²) in [5.74, 6) is -1.07. The van der Waals surface area contributed by atoms with Crippen molar-refractivity contribution < 1.29 is 19.4 Å². The third-order valence-corrected chi connectivity index (χ3v) is 2.37. The van der Waals surface area contributed by atoms with Gasteiger partial charge in [-0.3, -0.25) is 0 Å². The fourth-order valence-corrected chi connectivity index (χ4v) is 1.53. The van der Waals surface area contributed by atoms with Crippen molar-refractivity contribution in [2.45, 2.75) is 45.3 Å². The molecule has 1 atom stereocenters. The average molecular weight is 268 g/mol. The van der Waals surface area contributed by atoms with Crippen LogP contribution in [0.3, 0.4) is 0 Å². The number of carboxylic acid groups (broad SMARTS) is 1. The number of aryl methyl sites for hydroxylation is 1. The summed E-state index contributed by atoms with van der Waals surface area (Å²) in [5.41, 5.74) is 0.352. The maximum absolute atomic E-state index is 11.5. The number of carbonyl (C=O) groups excluding carboxylic acids is 1. The van der Waals surface area contributed by atoms with Crippen molar-refractivity contribution in [2.75, 3.05) is 0 Å². The van der Waals surface area contributed by atoms with Crippen LogP contribution >= 0.6 is 0 Å². The molecule has 0 aliphatic carbocycles. The molecule has 3 N–H and O–H groups in total. The van der Waals surface area contributed by atoms with E-state index in [1.54, 1.807) is 33.2 Å². The molecule has 1 aromatic rings. The van der Waals surface area contributed by atoms with E-state index in [0.29, 0.717) is 12.8 Å². The van der Waals surface area contributed by atoms with Gasteiger partial charge < -0.3 is 20.1 Å². The number of amides is 1. The zero-order valence-electron chi connectivity index (χ0n) is 11.4. The third kappa shape index (κ3) is 5.94. The number of H-pyrrole nitrogens is 1. The van der Waals surface area contributed by atoms with Crippen LogP contribution in [0.15, 0.2) is 18.5 Å². The molecule has 19 heavy (non-hydrogen) atoms. The number of alkyl carbamates (subject to hydrolysis) is 1. The van der Waals surface area contributed by atoms with E-state index in [1.165, 1.54) is 0 Å². The van der Waals surface area contributed by atoms with Crippen LogP contribution < -0.4 is 5.32 Å². The van der Waals surface area contributed by atoms with Gasteiger partial charge in [-0.1, -0.05) is 0 Å². The van der Waals surface area contributed by atoms with E-state index in [1.807, 2.05) is 6.07 Å². The number of ether oxygens (including phenoxy) is 1. The number of rotatable bonds is 5. The highest BCUT2D eigenvalue weighted by Gasteiger charge is 2.23. The zero-order valence-corrected chi connectivity index (χ0v) is 11.4. The Labute approximate surface area is 112 Å². The van der Waals surface area contributed by atoms with E-state index in [0.717, 1.165) is 5.56 Å². The second kappa shape index (κ2) is 6.26. The lowest BCUT2D eigenvalue weighted by Gasteiger charge is -2.21. The lowest BCUT2D eigenvalue weighted by molar-refractivity contribution is -0.139. The summed E-state index contributed by atoms with van der Waals surface area (Å²) in [6.45, 7) is 5.17. The summed E-state index contributed by atoms with van der Waals surface area (Å²) < 4.78 is 5.04. The molecule has 0 aromatic carbocycles. The molecule has 0 aliphatic heterocycles. The van der Waals surface area contributed by atoms with Crippen LogP contribution in [-0.4, -0.2) is 33.8 Å². The molecule has 1 amide bonds. The van der Waals surface area contributed by atoms with E-state index in [4.69, 9.17) is 9.84 Å². The standard InChI is InChI=1S/C13H20N2O4/c1-13(2,3)19-12(18)15-10(11(16)17)5-4-9-6-7-14-8-9/h6-8,10,14H,4-5H2,1-3H3,(H,15,18)(H,16,17). The van der Waals surface area contributed by atoms with Crippen molar-refractivity contribution in [1.82, 2.24) is 10.3 Å². The lowest BCUT2D eigenvalue weighted by Crippen LogP contribution is -2.43. The van der Waals surface area contributed by atoms with Gasteiger partial charge in [0.15, 0.2) is 0 Å². The molecule has 0 spiro atoms. The summed E-state index contributed by atoms with van der Waals surface area (Å²) in [4.78, 5) is 25.5. The lowest BCUT2D eigenvalue weighted by atomic mass is 10.1. The highest BCUT2D eigenvalue weighted by atomic mass is 16.6. The van der Waals surface area contributed by atoms with Crippen molar-refractivity contribution in [3.63, 3.8) is 0 Å². The van der Waals surface area contributed by atoms with Crippen molar-refractivity contribution in [2.24, 2.45) is 0 Å². The molecule has 0 saturated carbocycles. The van der Waals surface area contributed by atoms with Crippen LogP contribution in [0, 0.1) is 0 Å². The van der Waals surface area contributed by atoms with Crippen molar-refractivity contribution in [3.8, 4) is 0 Å². The summed E-state index contributed by atoms with van der Waals surface area (Å²) in [6, 6.07) is 0.914. The Morgan fingerprint density at radius 2 is 2.16 bits per heavy atom. The Balaban J connectivity index is 2.49. The smallest absolute Gasteiger partial charge is 0.408 e. The molecule has 0 bridgehead atoms. The SMILES string of the molecule is CC(C)(C)OC(=O)NC(CCc1cc[nH]c1)C(=O)O. The Hall–Kier alpha value is -1.98. The monoisotopic (exact) mass is 268 g/mol. The average Bonchev–Trinajstić information content (AvgIpc) is 2.73. The van der Waals surface area contributed by atoms with Crippen molar-refractivity contribution in [1.29, 1.82) is 0 Å². The maximum Gasteiger partial charge on any atom is 0.408 e. The van der Waals surface area contributed by atoms with Gasteiger partial charge in [0.25, 0.3) is 0 Å². The van der Waals surface area contributed by atoms with Gasteiger partial charge in [-0.25, -0.2) is 9.59 Å². The van der Waals surface area contributed by atoms with Crippen LogP contribution in [0.1, 0.15) is 32.8 Å². The van der Waals surface area contributed by atoms with Crippen molar-refractivity contribution >= 4 is 12.1 Å². The van der Waals surface area contributed by atoms with Crippen LogP contribution in [0.5, 0.6) is 0 Å². The minimum atomic E-state index is -1.07. The minimum Gasteiger partial charge on any atom is -0.480 e. The van der Waals surface area contributed by atoms with Crippen LogP contribution in [0.25, 0.3) is 0 Å². The van der Waals surface area contributed by atoms with E-state index < -0.39 is 23.7 Å². The molecule has 6 nitrogen and oxygen atoms in total. The quantitative estimate of drug-likeness (QED) is 0.760. The van der Waals surface area contributed by atoms with E-state index in [9.17, 15) is 9.59 Å². The predicted octanol–water partition coefficient (Wildman–Crippen LogP) is 1.93. The van der Waals surface area contributed by atoms with Gasteiger partial charge >= 0.3 is 12.1 Å². The Morgan fingerprint density at radius 3 is 2.63 bits per heavy atom. The number of aliphatic carboxylic acids is 1. The number of carboxylic acids is 1. The fourth-order valence-electron chi connectivity index (χ4n) is 1.53. The van der Waals surface area contributed by atoms with E-state index in [-0.39, 0.29) is 0 Å². The maximum atomic E-state index is 11.5.